The van der Waals surface area contributed by atoms with Crippen molar-refractivity contribution >= 4 is 5.96 Å². The summed E-state index contributed by atoms with van der Waals surface area (Å²) in [5.74, 6) is -0.0292. The molecule has 0 aliphatic carbocycles. The molecule has 0 saturated heterocycles. The van der Waals surface area contributed by atoms with E-state index in [1.165, 1.54) is 0 Å². The minimum absolute atomic E-state index is 0.0292. The summed E-state index contributed by atoms with van der Waals surface area (Å²) in [6, 6.07) is 0. The van der Waals surface area contributed by atoms with Crippen LogP contribution in [0.3, 0.4) is 0 Å². The molecule has 0 amide bonds. The molecule has 0 atom stereocenters. The third kappa shape index (κ3) is 23.0. The van der Waals surface area contributed by atoms with Gasteiger partial charge in [-0.15, -0.1) is 0 Å². The molecule has 5 heteroatoms. The molecule has 0 heterocycles. The van der Waals surface area contributed by atoms with Gasteiger partial charge in [0.2, 0.25) is 5.96 Å². The van der Waals surface area contributed by atoms with Crippen molar-refractivity contribution in [1.29, 1.82) is 0 Å². The Kier molecular flexibility index (Phi) is 14.4. The fraction of sp³-hybridized carbons (Fsp3) is 0.857. The lowest BCUT2D eigenvalue weighted by atomic mass is 10.5. The quantitative estimate of drug-likeness (QED) is 0.244. The van der Waals surface area contributed by atoms with Crippen molar-refractivity contribution in [3.63, 3.8) is 0 Å². The van der Waals surface area contributed by atoms with Crippen molar-refractivity contribution in [2.24, 2.45) is 16.6 Å². The van der Waals surface area contributed by atoms with Crippen LogP contribution in [0.5, 0.6) is 0 Å². The summed E-state index contributed by atoms with van der Waals surface area (Å²) >= 11 is 0. The van der Waals surface area contributed by atoms with Crippen LogP contribution in [-0.4, -0.2) is 24.3 Å². The van der Waals surface area contributed by atoms with Crippen LogP contribution < -0.4 is 11.5 Å². The average molecular weight is 177 g/mol. The zero-order chi connectivity index (χ0) is 9.82. The summed E-state index contributed by atoms with van der Waals surface area (Å²) in [4.78, 5) is 4.58. The minimum Gasteiger partial charge on any atom is -0.396 e. The lowest BCUT2D eigenvalue weighted by Gasteiger charge is -1.92. The highest BCUT2D eigenvalue weighted by Gasteiger charge is 1.78. The van der Waals surface area contributed by atoms with Crippen LogP contribution in [0.2, 0.25) is 0 Å². The van der Waals surface area contributed by atoms with Gasteiger partial charge in [-0.05, 0) is 18.0 Å². The Bertz CT molecular complexity index is 101. The van der Waals surface area contributed by atoms with E-state index in [0.29, 0.717) is 13.2 Å². The summed E-state index contributed by atoms with van der Waals surface area (Å²) in [6.45, 7) is 4.79. The lowest BCUT2D eigenvalue weighted by molar-refractivity contribution is 0.144. The molecule has 0 aliphatic rings. The van der Waals surface area contributed by atoms with E-state index >= 15 is 0 Å². The van der Waals surface area contributed by atoms with E-state index in [1.807, 2.05) is 13.8 Å². The second-order valence-corrected chi connectivity index (χ2v) is 2.07. The number of rotatable bonds is 4. The van der Waals surface area contributed by atoms with Crippen LogP contribution in [-0.2, 0) is 4.84 Å². The number of nitrogens with two attached hydrogens (primary N) is 2. The summed E-state index contributed by atoms with van der Waals surface area (Å²) in [5.41, 5.74) is 9.87. The summed E-state index contributed by atoms with van der Waals surface area (Å²) in [6.07, 6.45) is 1.79. The highest BCUT2D eigenvalue weighted by molar-refractivity contribution is 5.74. The first-order chi connectivity index (χ1) is 5.68. The summed E-state index contributed by atoms with van der Waals surface area (Å²) in [5, 5.41) is 11.2. The maximum atomic E-state index is 7.88. The molecule has 0 fully saturated rings. The fourth-order valence-corrected chi connectivity index (χ4v) is 0.211. The molecule has 0 saturated carbocycles. The van der Waals surface area contributed by atoms with Gasteiger partial charge in [0.1, 0.15) is 6.61 Å². The monoisotopic (exact) mass is 177 g/mol. The molecule has 0 aromatic carbocycles. The van der Waals surface area contributed by atoms with E-state index in [2.05, 4.69) is 9.99 Å². The van der Waals surface area contributed by atoms with E-state index < -0.39 is 0 Å². The van der Waals surface area contributed by atoms with Gasteiger partial charge in [0.25, 0.3) is 0 Å². The third-order valence-electron chi connectivity index (χ3n) is 0.689. The number of aliphatic hydroxyl groups excluding tert-OH is 1. The Balaban J connectivity index is 0. The van der Waals surface area contributed by atoms with Crippen molar-refractivity contribution in [1.82, 2.24) is 0 Å². The van der Waals surface area contributed by atoms with E-state index in [4.69, 9.17) is 16.6 Å². The van der Waals surface area contributed by atoms with Gasteiger partial charge in [-0.25, -0.2) is 0 Å². The third-order valence-corrected chi connectivity index (χ3v) is 0.689. The molecule has 0 bridgehead atoms. The topological polar surface area (TPSA) is 93.9 Å². The van der Waals surface area contributed by atoms with E-state index in [0.717, 1.165) is 12.8 Å². The van der Waals surface area contributed by atoms with Gasteiger partial charge in [-0.1, -0.05) is 13.8 Å². The molecule has 5 nitrogen and oxygen atoms in total. The van der Waals surface area contributed by atoms with Crippen LogP contribution in [0, 0.1) is 0 Å². The largest absolute Gasteiger partial charge is 0.396 e. The van der Waals surface area contributed by atoms with Crippen LogP contribution >= 0.6 is 0 Å². The fourth-order valence-electron chi connectivity index (χ4n) is 0.211. The highest BCUT2D eigenvalue weighted by Crippen LogP contribution is 1.77. The number of nitrogens with zero attached hydrogens (tertiary/aromatic N) is 1. The minimum atomic E-state index is -0.0292. The second-order valence-electron chi connectivity index (χ2n) is 2.07. The average Bonchev–Trinajstić information content (AvgIpc) is 2.05. The van der Waals surface area contributed by atoms with Crippen LogP contribution in [0.15, 0.2) is 5.16 Å². The first-order valence-corrected chi connectivity index (χ1v) is 4.00. The normalized spacial score (nSPS) is 7.92. The van der Waals surface area contributed by atoms with Gasteiger partial charge in [-0.3, -0.25) is 0 Å². The SMILES string of the molecule is CCCO.CCCON=C(N)N. The lowest BCUT2D eigenvalue weighted by Crippen LogP contribution is -2.22. The molecule has 0 aliphatic heterocycles. The molecule has 0 radical (unpaired) electrons. The van der Waals surface area contributed by atoms with Crippen molar-refractivity contribution in [3.05, 3.63) is 0 Å². The molecule has 0 rings (SSSR count). The van der Waals surface area contributed by atoms with Gasteiger partial charge in [0.15, 0.2) is 0 Å². The molecule has 0 aromatic heterocycles. The standard InChI is InChI=1S/C4H11N3O.C3H8O/c1-2-3-8-7-4(5)6;1-2-3-4/h2-3H2,1H3,(H4,5,6,7);4H,2-3H2,1H3. The first-order valence-electron chi connectivity index (χ1n) is 4.00. The Morgan fingerprint density at radius 1 is 1.33 bits per heavy atom. The molecular formula is C7H19N3O2. The molecule has 12 heavy (non-hydrogen) atoms. The molecule has 5 N–H and O–H groups in total. The van der Waals surface area contributed by atoms with Crippen molar-refractivity contribution in [3.8, 4) is 0 Å². The van der Waals surface area contributed by atoms with Gasteiger partial charge in [-0.2, -0.15) is 0 Å². The second kappa shape index (κ2) is 12.7. The van der Waals surface area contributed by atoms with Gasteiger partial charge < -0.3 is 21.4 Å². The summed E-state index contributed by atoms with van der Waals surface area (Å²) in [7, 11) is 0. The van der Waals surface area contributed by atoms with Crippen molar-refractivity contribution in [2.75, 3.05) is 13.2 Å². The highest BCUT2D eigenvalue weighted by atomic mass is 16.6. The Morgan fingerprint density at radius 2 is 1.83 bits per heavy atom. The van der Waals surface area contributed by atoms with Gasteiger partial charge in [0, 0.05) is 6.61 Å². The molecular weight excluding hydrogens is 158 g/mol. The maximum absolute atomic E-state index is 7.88. The molecule has 0 aromatic rings. The van der Waals surface area contributed by atoms with Crippen LogP contribution in [0.25, 0.3) is 0 Å². The van der Waals surface area contributed by atoms with Crippen molar-refractivity contribution < 1.29 is 9.94 Å². The van der Waals surface area contributed by atoms with E-state index in [1.54, 1.807) is 0 Å². The zero-order valence-corrected chi connectivity index (χ0v) is 7.79. The van der Waals surface area contributed by atoms with Gasteiger partial charge in [0.05, 0.1) is 0 Å². The summed E-state index contributed by atoms with van der Waals surface area (Å²) < 4.78 is 0. The maximum Gasteiger partial charge on any atom is 0.228 e. The molecule has 0 unspecified atom stereocenters. The number of hydrogen-bond acceptors (Lipinski definition) is 3. The predicted octanol–water partition coefficient (Wildman–Crippen LogP) is -0.00990. The number of hydrogen-bond donors (Lipinski definition) is 3. The van der Waals surface area contributed by atoms with Crippen LogP contribution in [0.1, 0.15) is 26.7 Å². The Hall–Kier alpha value is -0.970. The van der Waals surface area contributed by atoms with Crippen molar-refractivity contribution in [2.45, 2.75) is 26.7 Å². The van der Waals surface area contributed by atoms with E-state index in [-0.39, 0.29) is 5.96 Å². The smallest absolute Gasteiger partial charge is 0.228 e. The Morgan fingerprint density at radius 3 is 2.08 bits per heavy atom. The Labute approximate surface area is 73.4 Å². The van der Waals surface area contributed by atoms with Gasteiger partial charge >= 0.3 is 0 Å². The number of aliphatic hydroxyl groups is 1. The molecule has 74 valence electrons. The zero-order valence-electron chi connectivity index (χ0n) is 7.79. The molecule has 0 spiro atoms. The van der Waals surface area contributed by atoms with Crippen LogP contribution in [0.4, 0.5) is 0 Å². The van der Waals surface area contributed by atoms with E-state index in [9.17, 15) is 0 Å². The first kappa shape index (κ1) is 13.6. The number of guanidine groups is 1. The predicted molar refractivity (Wildman–Crippen MR) is 49.4 cm³/mol. The number of oxime groups is 1.